The highest BCUT2D eigenvalue weighted by atomic mass is 16.3. The zero-order valence-corrected chi connectivity index (χ0v) is 36.5. The van der Waals surface area contributed by atoms with Gasteiger partial charge in [0, 0.05) is 60.6 Å². The van der Waals surface area contributed by atoms with Crippen LogP contribution >= 0.6 is 0 Å². The van der Waals surface area contributed by atoms with Crippen molar-refractivity contribution in [1.82, 2.24) is 29.5 Å². The maximum atomic E-state index is 6.56. The van der Waals surface area contributed by atoms with Crippen LogP contribution in [0.3, 0.4) is 0 Å². The molecule has 0 atom stereocenters. The lowest BCUT2D eigenvalue weighted by molar-refractivity contribution is 0.669. The van der Waals surface area contributed by atoms with E-state index in [1.54, 1.807) is 0 Å². The zero-order chi connectivity index (χ0) is 45.0. The Hall–Kier alpha value is -9.33. The average molecular weight is 871 g/mol. The first-order valence-corrected chi connectivity index (χ1v) is 22.7. The summed E-state index contributed by atoms with van der Waals surface area (Å²) >= 11 is 0. The number of furan rings is 1. The Balaban J connectivity index is 0.927. The molecule has 0 saturated heterocycles. The second-order valence-electron chi connectivity index (χ2n) is 16.9. The summed E-state index contributed by atoms with van der Waals surface area (Å²) in [7, 11) is 0. The first-order chi connectivity index (χ1) is 33.7. The largest absolute Gasteiger partial charge is 0.456 e. The van der Waals surface area contributed by atoms with E-state index in [1.807, 2.05) is 109 Å². The standard InChI is InChI=1S/C61H38N6O/c1-5-17-39(18-6-1)51-38-52(63-58(62-51)40-19-7-2-8-20-40)48-28-16-30-56-57(48)50-37-44(32-34-55(50)68-56)43-31-33-54-49(36-43)47-27-13-14-29-53(47)67(54)46-26-15-25-45(35-46)61-65-59(41-21-9-3-10-22-41)64-60(66-61)42-23-11-4-12-24-42/h1-38H. The van der Waals surface area contributed by atoms with Crippen molar-refractivity contribution in [2.24, 2.45) is 0 Å². The molecule has 13 rings (SSSR count). The lowest BCUT2D eigenvalue weighted by atomic mass is 9.98. The van der Waals surface area contributed by atoms with Crippen molar-refractivity contribution < 1.29 is 4.42 Å². The van der Waals surface area contributed by atoms with Gasteiger partial charge in [0.2, 0.25) is 0 Å². The Bertz CT molecular complexity index is 3900. The lowest BCUT2D eigenvalue weighted by Crippen LogP contribution is -2.01. The quantitative estimate of drug-likeness (QED) is 0.151. The molecule has 0 radical (unpaired) electrons. The van der Waals surface area contributed by atoms with E-state index in [-0.39, 0.29) is 0 Å². The molecule has 4 heterocycles. The van der Waals surface area contributed by atoms with Gasteiger partial charge in [0.1, 0.15) is 11.2 Å². The molecule has 13 aromatic rings. The molecule has 7 heteroatoms. The summed E-state index contributed by atoms with van der Waals surface area (Å²) in [6, 6.07) is 79.3. The molecule has 0 amide bonds. The van der Waals surface area contributed by atoms with Crippen LogP contribution in [0.4, 0.5) is 0 Å². The maximum Gasteiger partial charge on any atom is 0.164 e. The topological polar surface area (TPSA) is 82.5 Å². The minimum absolute atomic E-state index is 0.612. The normalized spacial score (nSPS) is 11.5. The summed E-state index contributed by atoms with van der Waals surface area (Å²) in [5.41, 5.74) is 14.5. The van der Waals surface area contributed by atoms with Gasteiger partial charge < -0.3 is 8.98 Å². The smallest absolute Gasteiger partial charge is 0.164 e. The van der Waals surface area contributed by atoms with E-state index in [1.165, 1.54) is 0 Å². The SMILES string of the molecule is c1ccc(-c2cc(-c3cccc4oc5ccc(-c6ccc7c(c6)c6ccccc6n7-c6cccc(-c7nc(-c8ccccc8)nc(-c8ccccc8)n7)c6)cc5c34)nc(-c3ccccc3)n2)cc1. The molecule has 0 unspecified atom stereocenters. The number of hydrogen-bond donors (Lipinski definition) is 0. The van der Waals surface area contributed by atoms with Crippen molar-refractivity contribution in [2.45, 2.75) is 0 Å². The van der Waals surface area contributed by atoms with E-state index in [2.05, 4.69) is 126 Å². The van der Waals surface area contributed by atoms with E-state index in [0.29, 0.717) is 23.3 Å². The Kier molecular flexibility index (Phi) is 9.35. The van der Waals surface area contributed by atoms with Gasteiger partial charge in [-0.25, -0.2) is 24.9 Å². The highest BCUT2D eigenvalue weighted by molar-refractivity contribution is 6.14. The Morgan fingerprint density at radius 1 is 0.294 bits per heavy atom. The third-order valence-corrected chi connectivity index (χ3v) is 12.7. The van der Waals surface area contributed by atoms with Crippen LogP contribution in [0.25, 0.3) is 129 Å². The Morgan fingerprint density at radius 2 is 0.809 bits per heavy atom. The van der Waals surface area contributed by atoms with E-state index >= 15 is 0 Å². The molecule has 0 saturated carbocycles. The summed E-state index contributed by atoms with van der Waals surface area (Å²) in [6.07, 6.45) is 0. The molecule has 0 spiro atoms. The Labute approximate surface area is 391 Å². The van der Waals surface area contributed by atoms with Crippen molar-refractivity contribution in [3.63, 3.8) is 0 Å². The molecule has 68 heavy (non-hydrogen) atoms. The van der Waals surface area contributed by atoms with Crippen LogP contribution in [0.15, 0.2) is 235 Å². The molecule has 4 aromatic heterocycles. The fraction of sp³-hybridized carbons (Fsp3) is 0. The van der Waals surface area contributed by atoms with Crippen LogP contribution in [0.2, 0.25) is 0 Å². The van der Waals surface area contributed by atoms with E-state index in [0.717, 1.165) is 105 Å². The predicted octanol–water partition coefficient (Wildman–Crippen LogP) is 15.3. The molecular weight excluding hydrogens is 833 g/mol. The van der Waals surface area contributed by atoms with Gasteiger partial charge >= 0.3 is 0 Å². The molecule has 0 fully saturated rings. The average Bonchev–Trinajstić information content (AvgIpc) is 3.97. The van der Waals surface area contributed by atoms with E-state index < -0.39 is 0 Å². The number of benzene rings is 9. The summed E-state index contributed by atoms with van der Waals surface area (Å²) in [4.78, 5) is 25.2. The maximum absolute atomic E-state index is 6.56. The van der Waals surface area contributed by atoms with Gasteiger partial charge in [0.15, 0.2) is 23.3 Å². The number of rotatable bonds is 8. The number of para-hydroxylation sites is 1. The number of aromatic nitrogens is 6. The molecule has 9 aromatic carbocycles. The lowest BCUT2D eigenvalue weighted by Gasteiger charge is -2.12. The molecule has 0 N–H and O–H groups in total. The highest BCUT2D eigenvalue weighted by Gasteiger charge is 2.20. The second kappa shape index (κ2) is 16.3. The van der Waals surface area contributed by atoms with Gasteiger partial charge in [-0.3, -0.25) is 0 Å². The number of nitrogens with zero attached hydrogens (tertiary/aromatic N) is 6. The summed E-state index contributed by atoms with van der Waals surface area (Å²) in [5.74, 6) is 2.55. The van der Waals surface area contributed by atoms with Crippen molar-refractivity contribution in [3.8, 4) is 84.9 Å². The van der Waals surface area contributed by atoms with E-state index in [9.17, 15) is 0 Å². The van der Waals surface area contributed by atoms with Crippen LogP contribution in [-0.4, -0.2) is 29.5 Å². The van der Waals surface area contributed by atoms with Crippen LogP contribution in [0, 0.1) is 0 Å². The van der Waals surface area contributed by atoms with Crippen LogP contribution in [0.5, 0.6) is 0 Å². The zero-order valence-electron chi connectivity index (χ0n) is 36.5. The fourth-order valence-electron chi connectivity index (χ4n) is 9.43. The molecule has 0 aliphatic carbocycles. The summed E-state index contributed by atoms with van der Waals surface area (Å²) in [5, 5.41) is 4.36. The predicted molar refractivity (Wildman–Crippen MR) is 275 cm³/mol. The Morgan fingerprint density at radius 3 is 1.49 bits per heavy atom. The summed E-state index contributed by atoms with van der Waals surface area (Å²) in [6.45, 7) is 0. The fourth-order valence-corrected chi connectivity index (χ4v) is 9.43. The van der Waals surface area contributed by atoms with Crippen molar-refractivity contribution in [3.05, 3.63) is 231 Å². The molecule has 7 nitrogen and oxygen atoms in total. The van der Waals surface area contributed by atoms with E-state index in [4.69, 9.17) is 29.3 Å². The molecule has 0 aliphatic heterocycles. The van der Waals surface area contributed by atoms with Crippen molar-refractivity contribution >= 4 is 43.7 Å². The minimum atomic E-state index is 0.612. The third kappa shape index (κ3) is 6.89. The molecular formula is C61H38N6O. The first-order valence-electron chi connectivity index (χ1n) is 22.7. The minimum Gasteiger partial charge on any atom is -0.456 e. The molecule has 0 aliphatic rings. The van der Waals surface area contributed by atoms with Crippen LogP contribution < -0.4 is 0 Å². The van der Waals surface area contributed by atoms with Gasteiger partial charge in [-0.05, 0) is 65.7 Å². The van der Waals surface area contributed by atoms with Crippen molar-refractivity contribution in [1.29, 1.82) is 0 Å². The first kappa shape index (κ1) is 39.1. The van der Waals surface area contributed by atoms with Gasteiger partial charge in [-0.15, -0.1) is 0 Å². The monoisotopic (exact) mass is 870 g/mol. The molecule has 0 bridgehead atoms. The van der Waals surface area contributed by atoms with Crippen molar-refractivity contribution in [2.75, 3.05) is 0 Å². The second-order valence-corrected chi connectivity index (χ2v) is 16.9. The third-order valence-electron chi connectivity index (χ3n) is 12.7. The van der Waals surface area contributed by atoms with Gasteiger partial charge in [0.25, 0.3) is 0 Å². The summed E-state index contributed by atoms with van der Waals surface area (Å²) < 4.78 is 8.89. The van der Waals surface area contributed by atoms with Crippen LogP contribution in [-0.2, 0) is 0 Å². The highest BCUT2D eigenvalue weighted by Crippen LogP contribution is 2.41. The van der Waals surface area contributed by atoms with Gasteiger partial charge in [-0.1, -0.05) is 176 Å². The van der Waals surface area contributed by atoms with Crippen LogP contribution in [0.1, 0.15) is 0 Å². The number of hydrogen-bond acceptors (Lipinski definition) is 6. The number of fused-ring (bicyclic) bond motifs is 6. The van der Waals surface area contributed by atoms with Gasteiger partial charge in [0.05, 0.1) is 22.4 Å². The van der Waals surface area contributed by atoms with Gasteiger partial charge in [-0.2, -0.15) is 0 Å². The molecule has 318 valence electrons.